The molecule has 0 unspecified atom stereocenters. The van der Waals surface area contributed by atoms with Crippen LogP contribution in [0.2, 0.25) is 0 Å². The van der Waals surface area contributed by atoms with Gasteiger partial charge in [-0.25, -0.2) is 0 Å². The molecule has 1 amide bonds. The van der Waals surface area contributed by atoms with Crippen LogP contribution in [0.15, 0.2) is 43.0 Å². The van der Waals surface area contributed by atoms with Crippen molar-refractivity contribution < 1.29 is 4.79 Å². The molecule has 0 bridgehead atoms. The van der Waals surface area contributed by atoms with E-state index in [9.17, 15) is 4.79 Å². The highest BCUT2D eigenvalue weighted by Crippen LogP contribution is 2.29. The van der Waals surface area contributed by atoms with Gasteiger partial charge in [-0.2, -0.15) is 5.10 Å². The first-order valence-corrected chi connectivity index (χ1v) is 8.56. The molecule has 2 atom stereocenters. The largest absolute Gasteiger partial charge is 0.326 e. The second-order valence-electron chi connectivity index (χ2n) is 6.65. The third-order valence-electron chi connectivity index (χ3n) is 4.80. The quantitative estimate of drug-likeness (QED) is 0.736. The third kappa shape index (κ3) is 3.11. The number of rotatable bonds is 4. The maximum absolute atomic E-state index is 12.9. The molecule has 26 heavy (non-hydrogen) atoms. The number of anilines is 1. The fraction of sp³-hybridized carbons (Fsp3) is 0.333. The summed E-state index contributed by atoms with van der Waals surface area (Å²) in [6.07, 6.45) is 5.47. The van der Waals surface area contributed by atoms with E-state index in [0.717, 1.165) is 29.2 Å². The molecule has 0 spiro atoms. The van der Waals surface area contributed by atoms with E-state index in [1.807, 2.05) is 55.3 Å². The lowest BCUT2D eigenvalue weighted by molar-refractivity contribution is -0.119. The molecule has 0 radical (unpaired) electrons. The summed E-state index contributed by atoms with van der Waals surface area (Å²) in [5.41, 5.74) is 2.76. The van der Waals surface area contributed by atoms with Gasteiger partial charge < -0.3 is 15.2 Å². The Labute approximate surface area is 151 Å². The van der Waals surface area contributed by atoms with Gasteiger partial charge in [0.25, 0.3) is 0 Å². The van der Waals surface area contributed by atoms with Gasteiger partial charge in [0.2, 0.25) is 5.91 Å². The maximum atomic E-state index is 12.9. The molecule has 2 aromatic heterocycles. The first kappa shape index (κ1) is 16.5. The van der Waals surface area contributed by atoms with Crippen LogP contribution >= 0.6 is 0 Å². The Morgan fingerprint density at radius 3 is 2.92 bits per heavy atom. The van der Waals surface area contributed by atoms with Gasteiger partial charge in [-0.05, 0) is 17.7 Å². The lowest BCUT2D eigenvalue weighted by atomic mass is 9.90. The summed E-state index contributed by atoms with van der Waals surface area (Å²) in [4.78, 5) is 12.9. The molecular formula is C18H21N7O. The normalized spacial score (nSPS) is 19.6. The fourth-order valence-electron chi connectivity index (χ4n) is 3.45. The Hall–Kier alpha value is -3.00. The highest BCUT2D eigenvalue weighted by molar-refractivity contribution is 5.94. The van der Waals surface area contributed by atoms with Crippen LogP contribution in [-0.4, -0.2) is 43.5 Å². The SMILES string of the molecule is Cn1cc([C@H]2CNC[C@@H]2C(=O)Nc2cccc(-c3nncn3C)c2)cn1. The van der Waals surface area contributed by atoms with Crippen molar-refractivity contribution in [3.05, 3.63) is 48.5 Å². The summed E-state index contributed by atoms with van der Waals surface area (Å²) >= 11 is 0. The molecule has 8 heteroatoms. The molecule has 2 N–H and O–H groups in total. The monoisotopic (exact) mass is 351 g/mol. The number of hydrogen-bond acceptors (Lipinski definition) is 5. The van der Waals surface area contributed by atoms with E-state index in [-0.39, 0.29) is 17.7 Å². The number of carbonyl (C=O) groups is 1. The van der Waals surface area contributed by atoms with Crippen molar-refractivity contribution in [1.29, 1.82) is 0 Å². The molecule has 1 aliphatic rings. The molecular weight excluding hydrogens is 330 g/mol. The van der Waals surface area contributed by atoms with E-state index in [1.54, 1.807) is 11.0 Å². The van der Waals surface area contributed by atoms with Crippen molar-refractivity contribution in [2.45, 2.75) is 5.92 Å². The number of benzene rings is 1. The van der Waals surface area contributed by atoms with Gasteiger partial charge in [-0.3, -0.25) is 9.48 Å². The summed E-state index contributed by atoms with van der Waals surface area (Å²) in [6, 6.07) is 7.67. The van der Waals surface area contributed by atoms with Crippen molar-refractivity contribution in [1.82, 2.24) is 29.9 Å². The third-order valence-corrected chi connectivity index (χ3v) is 4.80. The summed E-state index contributed by atoms with van der Waals surface area (Å²) in [5.74, 6) is 0.777. The Bertz CT molecular complexity index is 929. The van der Waals surface area contributed by atoms with Gasteiger partial charge >= 0.3 is 0 Å². The van der Waals surface area contributed by atoms with Crippen LogP contribution in [0.5, 0.6) is 0 Å². The fourth-order valence-corrected chi connectivity index (χ4v) is 3.45. The van der Waals surface area contributed by atoms with Gasteiger partial charge in [-0.1, -0.05) is 12.1 Å². The Morgan fingerprint density at radius 1 is 1.31 bits per heavy atom. The number of hydrogen-bond donors (Lipinski definition) is 2. The zero-order valence-corrected chi connectivity index (χ0v) is 14.8. The Kier molecular flexibility index (Phi) is 4.26. The minimum absolute atomic E-state index is 0.0129. The highest BCUT2D eigenvalue weighted by atomic mass is 16.2. The number of aromatic nitrogens is 5. The standard InChI is InChI=1S/C18H21N7O/c1-24-11-20-23-17(24)12-4-3-5-14(6-12)22-18(26)16-9-19-8-15(16)13-7-21-25(2)10-13/h3-7,10-11,15-16,19H,8-9H2,1-2H3,(H,22,26)/t15-,16+/m1/s1. The number of carbonyl (C=O) groups excluding carboxylic acids is 1. The van der Waals surface area contributed by atoms with E-state index in [2.05, 4.69) is 25.9 Å². The second-order valence-corrected chi connectivity index (χ2v) is 6.65. The van der Waals surface area contributed by atoms with Gasteiger partial charge in [0.15, 0.2) is 5.82 Å². The first-order valence-electron chi connectivity index (χ1n) is 8.56. The molecule has 4 rings (SSSR count). The van der Waals surface area contributed by atoms with Gasteiger partial charge in [0, 0.05) is 50.6 Å². The van der Waals surface area contributed by atoms with Crippen molar-refractivity contribution in [2.75, 3.05) is 18.4 Å². The number of nitrogens with one attached hydrogen (secondary N) is 2. The minimum atomic E-state index is -0.127. The molecule has 0 aliphatic carbocycles. The van der Waals surface area contributed by atoms with Crippen LogP contribution < -0.4 is 10.6 Å². The maximum Gasteiger partial charge on any atom is 0.229 e. The van der Waals surface area contributed by atoms with Crippen LogP contribution in [0.4, 0.5) is 5.69 Å². The van der Waals surface area contributed by atoms with Crippen LogP contribution in [-0.2, 0) is 18.9 Å². The average molecular weight is 351 g/mol. The topological polar surface area (TPSA) is 89.7 Å². The van der Waals surface area contributed by atoms with Crippen LogP contribution in [0.3, 0.4) is 0 Å². The smallest absolute Gasteiger partial charge is 0.229 e. The predicted octanol–water partition coefficient (Wildman–Crippen LogP) is 1.16. The summed E-state index contributed by atoms with van der Waals surface area (Å²) < 4.78 is 3.62. The molecule has 134 valence electrons. The Balaban J connectivity index is 1.52. The van der Waals surface area contributed by atoms with E-state index >= 15 is 0 Å². The molecule has 8 nitrogen and oxygen atoms in total. The number of aryl methyl sites for hydroxylation is 2. The van der Waals surface area contributed by atoms with Gasteiger partial charge in [-0.15, -0.1) is 10.2 Å². The molecule has 3 aromatic rings. The molecule has 1 aromatic carbocycles. The zero-order chi connectivity index (χ0) is 18.1. The molecule has 1 saturated heterocycles. The zero-order valence-electron chi connectivity index (χ0n) is 14.8. The predicted molar refractivity (Wildman–Crippen MR) is 97.4 cm³/mol. The number of amides is 1. The summed E-state index contributed by atoms with van der Waals surface area (Å²) in [7, 11) is 3.78. The van der Waals surface area contributed by atoms with Crippen molar-refractivity contribution >= 4 is 11.6 Å². The van der Waals surface area contributed by atoms with Crippen molar-refractivity contribution in [2.24, 2.45) is 20.0 Å². The molecule has 1 fully saturated rings. The van der Waals surface area contributed by atoms with Crippen LogP contribution in [0.25, 0.3) is 11.4 Å². The lowest BCUT2D eigenvalue weighted by Crippen LogP contribution is -2.28. The van der Waals surface area contributed by atoms with Gasteiger partial charge in [0.05, 0.1) is 12.1 Å². The highest BCUT2D eigenvalue weighted by Gasteiger charge is 2.34. The molecule has 0 saturated carbocycles. The average Bonchev–Trinajstić information content (AvgIpc) is 3.35. The Morgan fingerprint density at radius 2 is 2.19 bits per heavy atom. The first-order chi connectivity index (χ1) is 12.6. The van der Waals surface area contributed by atoms with Crippen LogP contribution in [0, 0.1) is 5.92 Å². The van der Waals surface area contributed by atoms with Crippen LogP contribution in [0.1, 0.15) is 11.5 Å². The van der Waals surface area contributed by atoms with E-state index in [1.165, 1.54) is 0 Å². The minimum Gasteiger partial charge on any atom is -0.326 e. The van der Waals surface area contributed by atoms with Gasteiger partial charge in [0.1, 0.15) is 6.33 Å². The molecule has 3 heterocycles. The van der Waals surface area contributed by atoms with E-state index in [0.29, 0.717) is 6.54 Å². The van der Waals surface area contributed by atoms with E-state index in [4.69, 9.17) is 0 Å². The lowest BCUT2D eigenvalue weighted by Gasteiger charge is -2.17. The molecule has 1 aliphatic heterocycles. The summed E-state index contributed by atoms with van der Waals surface area (Å²) in [6.45, 7) is 1.44. The van der Waals surface area contributed by atoms with Crippen molar-refractivity contribution in [3.8, 4) is 11.4 Å². The number of nitrogens with zero attached hydrogens (tertiary/aromatic N) is 5. The summed E-state index contributed by atoms with van der Waals surface area (Å²) in [5, 5.41) is 18.6. The van der Waals surface area contributed by atoms with Crippen molar-refractivity contribution in [3.63, 3.8) is 0 Å². The second kappa shape index (κ2) is 6.72. The van der Waals surface area contributed by atoms with E-state index < -0.39 is 0 Å².